The van der Waals surface area contributed by atoms with E-state index in [1.165, 1.54) is 17.7 Å². The molecule has 0 aromatic heterocycles. The Morgan fingerprint density at radius 2 is 1.79 bits per heavy atom. The van der Waals surface area contributed by atoms with Crippen LogP contribution in [0.3, 0.4) is 0 Å². The average Bonchev–Trinajstić information content (AvgIpc) is 2.37. The lowest BCUT2D eigenvalue weighted by Crippen LogP contribution is -2.36. The number of benzene rings is 2. The van der Waals surface area contributed by atoms with E-state index in [-0.39, 0.29) is 11.4 Å². The minimum Gasteiger partial charge on any atom is -0.304 e. The van der Waals surface area contributed by atoms with Crippen molar-refractivity contribution in [2.24, 2.45) is 0 Å². The second-order valence-electron chi connectivity index (χ2n) is 5.09. The maximum absolute atomic E-state index is 13.1. The Balaban J connectivity index is 2.13. The van der Waals surface area contributed by atoms with Crippen LogP contribution >= 0.6 is 11.6 Å². The molecule has 0 fully saturated rings. The fourth-order valence-electron chi connectivity index (χ4n) is 2.01. The van der Waals surface area contributed by atoms with E-state index in [0.29, 0.717) is 5.02 Å². The Morgan fingerprint density at radius 1 is 1.11 bits per heavy atom. The van der Waals surface area contributed by atoms with Crippen LogP contribution < -0.4 is 5.32 Å². The molecule has 2 aromatic rings. The SMILES string of the molecule is CC(C)(NCc1ccccc1)c1ccc(F)cc1Cl. The van der Waals surface area contributed by atoms with Gasteiger partial charge in [-0.3, -0.25) is 0 Å². The quantitative estimate of drug-likeness (QED) is 0.867. The van der Waals surface area contributed by atoms with Gasteiger partial charge in [0.25, 0.3) is 0 Å². The van der Waals surface area contributed by atoms with Crippen molar-refractivity contribution in [3.05, 3.63) is 70.5 Å². The molecule has 0 spiro atoms. The van der Waals surface area contributed by atoms with Crippen LogP contribution in [0.2, 0.25) is 5.02 Å². The first kappa shape index (κ1) is 14.0. The van der Waals surface area contributed by atoms with Crippen LogP contribution in [0.4, 0.5) is 4.39 Å². The molecule has 19 heavy (non-hydrogen) atoms. The number of halogens is 2. The van der Waals surface area contributed by atoms with Gasteiger partial charge in [-0.15, -0.1) is 0 Å². The standard InChI is InChI=1S/C16H17ClFN/c1-16(2,14-9-8-13(18)10-15(14)17)19-11-12-6-4-3-5-7-12/h3-10,19H,11H2,1-2H3. The summed E-state index contributed by atoms with van der Waals surface area (Å²) in [6, 6.07) is 14.7. The third-order valence-electron chi connectivity index (χ3n) is 3.18. The molecule has 0 unspecified atom stereocenters. The van der Waals surface area contributed by atoms with Crippen LogP contribution in [0.5, 0.6) is 0 Å². The van der Waals surface area contributed by atoms with Gasteiger partial charge in [0.2, 0.25) is 0 Å². The Morgan fingerprint density at radius 3 is 2.42 bits per heavy atom. The molecular weight excluding hydrogens is 261 g/mol. The fourth-order valence-corrected chi connectivity index (χ4v) is 2.41. The third-order valence-corrected chi connectivity index (χ3v) is 3.49. The number of nitrogens with one attached hydrogen (secondary N) is 1. The van der Waals surface area contributed by atoms with E-state index in [2.05, 4.69) is 17.4 Å². The number of hydrogen-bond acceptors (Lipinski definition) is 1. The summed E-state index contributed by atoms with van der Waals surface area (Å²) in [6.07, 6.45) is 0. The van der Waals surface area contributed by atoms with E-state index < -0.39 is 0 Å². The first-order chi connectivity index (χ1) is 8.99. The highest BCUT2D eigenvalue weighted by Crippen LogP contribution is 2.28. The van der Waals surface area contributed by atoms with E-state index in [9.17, 15) is 4.39 Å². The van der Waals surface area contributed by atoms with Crippen LogP contribution in [0, 0.1) is 5.82 Å². The van der Waals surface area contributed by atoms with Gasteiger partial charge in [0, 0.05) is 17.1 Å². The van der Waals surface area contributed by atoms with Gasteiger partial charge in [0.05, 0.1) is 0 Å². The van der Waals surface area contributed by atoms with Crippen molar-refractivity contribution in [3.8, 4) is 0 Å². The lowest BCUT2D eigenvalue weighted by atomic mass is 9.94. The summed E-state index contributed by atoms with van der Waals surface area (Å²) >= 11 is 6.12. The normalized spacial score (nSPS) is 11.6. The molecule has 0 saturated carbocycles. The minimum atomic E-state index is -0.319. The fraction of sp³-hybridized carbons (Fsp3) is 0.250. The average molecular weight is 278 g/mol. The van der Waals surface area contributed by atoms with Crippen molar-refractivity contribution in [1.82, 2.24) is 5.32 Å². The summed E-state index contributed by atoms with van der Waals surface area (Å²) in [5.41, 5.74) is 1.78. The Kier molecular flexibility index (Phi) is 4.23. The van der Waals surface area contributed by atoms with E-state index in [1.807, 2.05) is 32.0 Å². The van der Waals surface area contributed by atoms with Gasteiger partial charge >= 0.3 is 0 Å². The first-order valence-corrected chi connectivity index (χ1v) is 6.61. The largest absolute Gasteiger partial charge is 0.304 e. The molecule has 2 rings (SSSR count). The maximum Gasteiger partial charge on any atom is 0.124 e. The van der Waals surface area contributed by atoms with Gasteiger partial charge in [-0.05, 0) is 37.1 Å². The van der Waals surface area contributed by atoms with Crippen molar-refractivity contribution in [2.45, 2.75) is 25.9 Å². The van der Waals surface area contributed by atoms with E-state index >= 15 is 0 Å². The predicted molar refractivity (Wildman–Crippen MR) is 77.7 cm³/mol. The van der Waals surface area contributed by atoms with Gasteiger partial charge in [-0.1, -0.05) is 48.0 Å². The highest BCUT2D eigenvalue weighted by Gasteiger charge is 2.22. The third kappa shape index (κ3) is 3.55. The molecule has 0 aliphatic rings. The summed E-state index contributed by atoms with van der Waals surface area (Å²) in [7, 11) is 0. The summed E-state index contributed by atoms with van der Waals surface area (Å²) in [5.74, 6) is -0.312. The number of rotatable bonds is 4. The lowest BCUT2D eigenvalue weighted by Gasteiger charge is -2.28. The van der Waals surface area contributed by atoms with E-state index in [4.69, 9.17) is 11.6 Å². The summed E-state index contributed by atoms with van der Waals surface area (Å²) in [5, 5.41) is 3.89. The van der Waals surface area contributed by atoms with Crippen LogP contribution in [0.15, 0.2) is 48.5 Å². The van der Waals surface area contributed by atoms with Crippen molar-refractivity contribution >= 4 is 11.6 Å². The summed E-state index contributed by atoms with van der Waals surface area (Å²) in [6.45, 7) is 4.81. The molecular formula is C16H17ClFN. The number of hydrogen-bond donors (Lipinski definition) is 1. The molecule has 3 heteroatoms. The van der Waals surface area contributed by atoms with Crippen LogP contribution in [0.1, 0.15) is 25.0 Å². The van der Waals surface area contributed by atoms with Crippen molar-refractivity contribution in [1.29, 1.82) is 0 Å². The van der Waals surface area contributed by atoms with Crippen LogP contribution in [0.25, 0.3) is 0 Å². The smallest absolute Gasteiger partial charge is 0.124 e. The molecule has 1 N–H and O–H groups in total. The van der Waals surface area contributed by atoms with Crippen molar-refractivity contribution in [2.75, 3.05) is 0 Å². The summed E-state index contributed by atoms with van der Waals surface area (Å²) < 4.78 is 13.1. The molecule has 0 bridgehead atoms. The van der Waals surface area contributed by atoms with Crippen LogP contribution in [-0.2, 0) is 12.1 Å². The van der Waals surface area contributed by atoms with E-state index in [1.54, 1.807) is 6.07 Å². The molecule has 2 aromatic carbocycles. The van der Waals surface area contributed by atoms with Crippen molar-refractivity contribution in [3.63, 3.8) is 0 Å². The zero-order valence-electron chi connectivity index (χ0n) is 11.1. The van der Waals surface area contributed by atoms with Crippen molar-refractivity contribution < 1.29 is 4.39 Å². The van der Waals surface area contributed by atoms with Gasteiger partial charge in [0.15, 0.2) is 0 Å². The molecule has 100 valence electrons. The van der Waals surface area contributed by atoms with Gasteiger partial charge < -0.3 is 5.32 Å². The molecule has 0 amide bonds. The maximum atomic E-state index is 13.1. The highest BCUT2D eigenvalue weighted by molar-refractivity contribution is 6.31. The lowest BCUT2D eigenvalue weighted by molar-refractivity contribution is 0.401. The molecule has 0 heterocycles. The zero-order valence-corrected chi connectivity index (χ0v) is 11.8. The monoisotopic (exact) mass is 277 g/mol. The second-order valence-corrected chi connectivity index (χ2v) is 5.50. The zero-order chi connectivity index (χ0) is 13.9. The highest BCUT2D eigenvalue weighted by atomic mass is 35.5. The van der Waals surface area contributed by atoms with Gasteiger partial charge in [0.1, 0.15) is 5.82 Å². The summed E-state index contributed by atoms with van der Waals surface area (Å²) in [4.78, 5) is 0. The Hall–Kier alpha value is -1.38. The topological polar surface area (TPSA) is 12.0 Å². The molecule has 0 aliphatic heterocycles. The molecule has 0 aliphatic carbocycles. The molecule has 1 nitrogen and oxygen atoms in total. The molecule has 0 atom stereocenters. The molecule has 0 saturated heterocycles. The van der Waals surface area contributed by atoms with Crippen LogP contribution in [-0.4, -0.2) is 0 Å². The Labute approximate surface area is 118 Å². The van der Waals surface area contributed by atoms with Gasteiger partial charge in [-0.2, -0.15) is 0 Å². The first-order valence-electron chi connectivity index (χ1n) is 6.23. The van der Waals surface area contributed by atoms with E-state index in [0.717, 1.165) is 12.1 Å². The van der Waals surface area contributed by atoms with Gasteiger partial charge in [-0.25, -0.2) is 4.39 Å². The molecule has 0 radical (unpaired) electrons. The Bertz CT molecular complexity index is 552. The predicted octanol–water partition coefficient (Wildman–Crippen LogP) is 4.50. The minimum absolute atomic E-state index is 0.312. The second kappa shape index (κ2) is 5.72.